The zero-order chi connectivity index (χ0) is 8.81. The van der Waals surface area contributed by atoms with E-state index < -0.39 is 0 Å². The second kappa shape index (κ2) is 4.86. The van der Waals surface area contributed by atoms with Gasteiger partial charge in [0.2, 0.25) is 6.08 Å². The van der Waals surface area contributed by atoms with Gasteiger partial charge in [0.15, 0.2) is 0 Å². The van der Waals surface area contributed by atoms with Gasteiger partial charge in [-0.3, -0.25) is 0 Å². The second-order valence-electron chi connectivity index (χ2n) is 2.92. The van der Waals surface area contributed by atoms with E-state index in [4.69, 9.17) is 4.74 Å². The Morgan fingerprint density at radius 3 is 3.08 bits per heavy atom. The Kier molecular flexibility index (Phi) is 3.71. The number of hydrogen-bond donors (Lipinski definition) is 0. The summed E-state index contributed by atoms with van der Waals surface area (Å²) in [6, 6.07) is 0. The lowest BCUT2D eigenvalue weighted by Crippen LogP contribution is -2.21. The van der Waals surface area contributed by atoms with Gasteiger partial charge in [-0.2, -0.15) is 0 Å². The monoisotopic (exact) mass is 167 g/mol. The molecule has 0 amide bonds. The summed E-state index contributed by atoms with van der Waals surface area (Å²) in [5, 5.41) is 0. The third kappa shape index (κ3) is 2.61. The van der Waals surface area contributed by atoms with Crippen molar-refractivity contribution in [2.75, 3.05) is 13.2 Å². The largest absolute Gasteiger partial charge is 0.374 e. The minimum atomic E-state index is 0.107. The maximum atomic E-state index is 9.82. The molecule has 3 heteroatoms. The maximum Gasteiger partial charge on any atom is 0.235 e. The lowest BCUT2D eigenvalue weighted by atomic mass is 10.0. The minimum Gasteiger partial charge on any atom is -0.374 e. The maximum absolute atomic E-state index is 9.82. The molecule has 1 unspecified atom stereocenters. The van der Waals surface area contributed by atoms with Gasteiger partial charge in [0.05, 0.1) is 12.6 Å². The van der Waals surface area contributed by atoms with Gasteiger partial charge in [0.1, 0.15) is 0 Å². The normalized spacial score (nSPS) is 22.8. The molecule has 0 aliphatic carbocycles. The summed E-state index contributed by atoms with van der Waals surface area (Å²) < 4.78 is 5.45. The van der Waals surface area contributed by atoms with Crippen molar-refractivity contribution in [1.29, 1.82) is 0 Å². The lowest BCUT2D eigenvalue weighted by Gasteiger charge is -2.23. The second-order valence-corrected chi connectivity index (χ2v) is 2.92. The summed E-state index contributed by atoms with van der Waals surface area (Å²) in [5.74, 6) is 0. The van der Waals surface area contributed by atoms with Crippen LogP contribution in [0.25, 0.3) is 0 Å². The van der Waals surface area contributed by atoms with E-state index in [2.05, 4.69) is 11.6 Å². The summed E-state index contributed by atoms with van der Waals surface area (Å²) in [5.41, 5.74) is 0.887. The summed E-state index contributed by atoms with van der Waals surface area (Å²) in [7, 11) is 0. The van der Waals surface area contributed by atoms with Crippen LogP contribution in [0.3, 0.4) is 0 Å². The highest BCUT2D eigenvalue weighted by molar-refractivity contribution is 5.34. The zero-order valence-corrected chi connectivity index (χ0v) is 7.08. The van der Waals surface area contributed by atoms with Gasteiger partial charge >= 0.3 is 0 Å². The van der Waals surface area contributed by atoms with E-state index in [9.17, 15) is 4.79 Å². The fourth-order valence-electron chi connectivity index (χ4n) is 1.30. The molecule has 0 spiro atoms. The molecule has 0 N–H and O–H groups in total. The molecule has 66 valence electrons. The first-order valence-corrected chi connectivity index (χ1v) is 4.17. The summed E-state index contributed by atoms with van der Waals surface area (Å²) in [6.45, 7) is 4.97. The molecule has 1 rings (SSSR count). The molecule has 1 aliphatic heterocycles. The molecule has 0 radical (unpaired) electrons. The first-order valence-electron chi connectivity index (χ1n) is 4.17. The summed E-state index contributed by atoms with van der Waals surface area (Å²) >= 11 is 0. The van der Waals surface area contributed by atoms with Gasteiger partial charge in [0, 0.05) is 6.61 Å². The quantitative estimate of drug-likeness (QED) is 0.362. The third-order valence-electron chi connectivity index (χ3n) is 1.98. The number of isocyanates is 1. The standard InChI is InChI=1S/C9H13NO2/c1-8(6-10-7-11)9-4-2-3-5-12-9/h9H,1-6H2. The zero-order valence-electron chi connectivity index (χ0n) is 7.08. The Morgan fingerprint density at radius 1 is 1.67 bits per heavy atom. The summed E-state index contributed by atoms with van der Waals surface area (Å²) in [4.78, 5) is 13.3. The molecule has 1 aliphatic rings. The highest BCUT2D eigenvalue weighted by Gasteiger charge is 2.16. The van der Waals surface area contributed by atoms with Crippen LogP contribution in [0.2, 0.25) is 0 Å². The average molecular weight is 167 g/mol. The van der Waals surface area contributed by atoms with Crippen LogP contribution in [-0.4, -0.2) is 25.3 Å². The first-order chi connectivity index (χ1) is 5.84. The van der Waals surface area contributed by atoms with Crippen LogP contribution in [0.4, 0.5) is 0 Å². The van der Waals surface area contributed by atoms with E-state index in [1.807, 2.05) is 0 Å². The van der Waals surface area contributed by atoms with E-state index >= 15 is 0 Å². The van der Waals surface area contributed by atoms with Crippen LogP contribution in [-0.2, 0) is 9.53 Å². The molecule has 1 saturated heterocycles. The molecular formula is C9H13NO2. The van der Waals surface area contributed by atoms with Crippen molar-refractivity contribution in [3.63, 3.8) is 0 Å². The van der Waals surface area contributed by atoms with E-state index in [0.29, 0.717) is 6.54 Å². The number of rotatable bonds is 3. The highest BCUT2D eigenvalue weighted by Crippen LogP contribution is 2.18. The Balaban J connectivity index is 2.34. The fraction of sp³-hybridized carbons (Fsp3) is 0.667. The summed E-state index contributed by atoms with van der Waals surface area (Å²) in [6.07, 6.45) is 4.91. The van der Waals surface area contributed by atoms with E-state index in [-0.39, 0.29) is 6.10 Å². The molecular weight excluding hydrogens is 154 g/mol. The molecule has 0 saturated carbocycles. The van der Waals surface area contributed by atoms with Crippen LogP contribution < -0.4 is 0 Å². The molecule has 0 aromatic rings. The van der Waals surface area contributed by atoms with Gasteiger partial charge in [-0.25, -0.2) is 9.79 Å². The number of nitrogens with zero attached hydrogens (tertiary/aromatic N) is 1. The van der Waals surface area contributed by atoms with Crippen LogP contribution >= 0.6 is 0 Å². The van der Waals surface area contributed by atoms with Crippen molar-refractivity contribution in [1.82, 2.24) is 0 Å². The van der Waals surface area contributed by atoms with E-state index in [1.165, 1.54) is 12.5 Å². The van der Waals surface area contributed by atoms with Gasteiger partial charge < -0.3 is 4.74 Å². The predicted molar refractivity (Wildman–Crippen MR) is 45.7 cm³/mol. The molecule has 1 atom stereocenters. The smallest absolute Gasteiger partial charge is 0.235 e. The molecule has 0 bridgehead atoms. The first kappa shape index (κ1) is 9.17. The van der Waals surface area contributed by atoms with Crippen molar-refractivity contribution in [3.8, 4) is 0 Å². The van der Waals surface area contributed by atoms with Gasteiger partial charge in [0.25, 0.3) is 0 Å². The molecule has 1 heterocycles. The Hall–Kier alpha value is -0.920. The van der Waals surface area contributed by atoms with Crippen LogP contribution in [0.15, 0.2) is 17.1 Å². The van der Waals surface area contributed by atoms with Crippen molar-refractivity contribution in [2.45, 2.75) is 25.4 Å². The van der Waals surface area contributed by atoms with Crippen LogP contribution in [0.5, 0.6) is 0 Å². The number of aliphatic imine (C=N–C) groups is 1. The fourth-order valence-corrected chi connectivity index (χ4v) is 1.30. The van der Waals surface area contributed by atoms with Gasteiger partial charge in [-0.05, 0) is 24.8 Å². The number of carbonyl (C=O) groups excluding carboxylic acids is 1. The SMILES string of the molecule is C=C(CN=C=O)C1CCCCO1. The van der Waals surface area contributed by atoms with Crippen LogP contribution in [0, 0.1) is 0 Å². The number of hydrogen-bond acceptors (Lipinski definition) is 3. The number of ether oxygens (including phenoxy) is 1. The van der Waals surface area contributed by atoms with Crippen molar-refractivity contribution < 1.29 is 9.53 Å². The Morgan fingerprint density at radius 2 is 2.50 bits per heavy atom. The molecule has 1 fully saturated rings. The highest BCUT2D eigenvalue weighted by atomic mass is 16.5. The molecule has 3 nitrogen and oxygen atoms in total. The van der Waals surface area contributed by atoms with Crippen molar-refractivity contribution >= 4 is 6.08 Å². The van der Waals surface area contributed by atoms with Crippen LogP contribution in [0.1, 0.15) is 19.3 Å². The van der Waals surface area contributed by atoms with Crippen molar-refractivity contribution in [3.05, 3.63) is 12.2 Å². The molecule has 0 aromatic carbocycles. The molecule has 12 heavy (non-hydrogen) atoms. The topological polar surface area (TPSA) is 38.7 Å². The minimum absolute atomic E-state index is 0.107. The average Bonchev–Trinajstić information content (AvgIpc) is 2.15. The van der Waals surface area contributed by atoms with E-state index in [1.54, 1.807) is 0 Å². The lowest BCUT2D eigenvalue weighted by molar-refractivity contribution is 0.0390. The van der Waals surface area contributed by atoms with Crippen molar-refractivity contribution in [2.24, 2.45) is 4.99 Å². The van der Waals surface area contributed by atoms with E-state index in [0.717, 1.165) is 25.0 Å². The van der Waals surface area contributed by atoms with Gasteiger partial charge in [-0.15, -0.1) is 0 Å². The Labute approximate surface area is 72.1 Å². The van der Waals surface area contributed by atoms with Gasteiger partial charge in [-0.1, -0.05) is 6.58 Å². The predicted octanol–water partition coefficient (Wildman–Crippen LogP) is 1.45. The third-order valence-corrected chi connectivity index (χ3v) is 1.98. The molecule has 0 aromatic heterocycles. The Bertz CT molecular complexity index is 201.